The highest BCUT2D eigenvalue weighted by Crippen LogP contribution is 2.13. The van der Waals surface area contributed by atoms with E-state index >= 15 is 0 Å². The van der Waals surface area contributed by atoms with Gasteiger partial charge in [-0.1, -0.05) is 6.42 Å². The summed E-state index contributed by atoms with van der Waals surface area (Å²) in [6.45, 7) is 0.796. The summed E-state index contributed by atoms with van der Waals surface area (Å²) < 4.78 is 5.35. The maximum absolute atomic E-state index is 10.2. The van der Waals surface area contributed by atoms with Gasteiger partial charge in [0.15, 0.2) is 9.04 Å². The van der Waals surface area contributed by atoms with Crippen LogP contribution in [0.5, 0.6) is 0 Å². The van der Waals surface area contributed by atoms with Crippen molar-refractivity contribution in [3.05, 3.63) is 0 Å². The van der Waals surface area contributed by atoms with Crippen LogP contribution in [0.2, 0.25) is 12.1 Å². The minimum absolute atomic E-state index is 0.306. The summed E-state index contributed by atoms with van der Waals surface area (Å²) in [4.78, 5) is 10.2. The van der Waals surface area contributed by atoms with E-state index in [4.69, 9.17) is 9.53 Å². The van der Waals surface area contributed by atoms with Crippen molar-refractivity contribution in [2.75, 3.05) is 6.61 Å². The number of rotatable bonds is 2. The summed E-state index contributed by atoms with van der Waals surface area (Å²) in [5.41, 5.74) is 0. The molecule has 0 aromatic heterocycles. The summed E-state index contributed by atoms with van der Waals surface area (Å²) in [5.74, 6) is -0.696. The molecule has 3 nitrogen and oxygen atoms in total. The van der Waals surface area contributed by atoms with Crippen molar-refractivity contribution in [2.24, 2.45) is 0 Å². The second kappa shape index (κ2) is 3.73. The van der Waals surface area contributed by atoms with Gasteiger partial charge in [-0.2, -0.15) is 0 Å². The molecular weight excluding hydrogens is 148 g/mol. The average Bonchev–Trinajstić information content (AvgIpc) is 1.88. The van der Waals surface area contributed by atoms with Crippen LogP contribution in [0.15, 0.2) is 0 Å². The first-order valence-electron chi connectivity index (χ1n) is 3.62. The van der Waals surface area contributed by atoms with E-state index in [2.05, 4.69) is 0 Å². The van der Waals surface area contributed by atoms with Crippen LogP contribution in [0.1, 0.15) is 12.8 Å². The van der Waals surface area contributed by atoms with Crippen molar-refractivity contribution >= 4 is 15.0 Å². The molecule has 0 aromatic carbocycles. The Morgan fingerprint density at radius 3 is 2.90 bits per heavy atom. The fourth-order valence-electron chi connectivity index (χ4n) is 1.16. The molecule has 0 radical (unpaired) electrons. The van der Waals surface area contributed by atoms with E-state index in [1.807, 2.05) is 0 Å². The van der Waals surface area contributed by atoms with E-state index in [0.29, 0.717) is 6.04 Å². The molecule has 1 unspecified atom stereocenters. The first kappa shape index (κ1) is 7.75. The maximum atomic E-state index is 10.2. The van der Waals surface area contributed by atoms with Gasteiger partial charge in [0, 0.05) is 6.61 Å². The largest absolute Gasteiger partial charge is 0.481 e. The molecule has 1 saturated heterocycles. The quantitative estimate of drug-likeness (QED) is 0.602. The Kier molecular flexibility index (Phi) is 2.89. The monoisotopic (exact) mass is 160 g/mol. The number of aliphatic carboxylic acids is 1. The predicted octanol–water partition coefficient (Wildman–Crippen LogP) is 0.605. The van der Waals surface area contributed by atoms with Crippen molar-refractivity contribution in [3.8, 4) is 0 Å². The zero-order chi connectivity index (χ0) is 7.40. The van der Waals surface area contributed by atoms with Gasteiger partial charge in [0.05, 0.1) is 6.04 Å². The Hall–Kier alpha value is -0.353. The Labute approximate surface area is 61.7 Å². The normalized spacial score (nSPS) is 26.2. The zero-order valence-corrected chi connectivity index (χ0v) is 7.03. The van der Waals surface area contributed by atoms with Gasteiger partial charge in [-0.15, -0.1) is 0 Å². The Morgan fingerprint density at radius 2 is 2.40 bits per heavy atom. The molecule has 4 heteroatoms. The molecule has 1 N–H and O–H groups in total. The Morgan fingerprint density at radius 1 is 1.60 bits per heavy atom. The van der Waals surface area contributed by atoms with Crippen LogP contribution in [0, 0.1) is 0 Å². The van der Waals surface area contributed by atoms with Crippen LogP contribution in [0.25, 0.3) is 0 Å². The first-order chi connectivity index (χ1) is 4.79. The lowest BCUT2D eigenvalue weighted by molar-refractivity contribution is -0.134. The van der Waals surface area contributed by atoms with Gasteiger partial charge in [-0.3, -0.25) is 4.79 Å². The number of carboxylic acid groups (broad SMARTS) is 1. The lowest BCUT2D eigenvalue weighted by Gasteiger charge is -2.18. The molecule has 1 aliphatic heterocycles. The average molecular weight is 160 g/mol. The molecule has 0 bridgehead atoms. The molecule has 1 rings (SSSR count). The number of hydrogen-bond donors (Lipinski definition) is 1. The second-order valence-corrected chi connectivity index (χ2v) is 5.15. The summed E-state index contributed by atoms with van der Waals surface area (Å²) in [7, 11) is -1.28. The van der Waals surface area contributed by atoms with Gasteiger partial charge >= 0.3 is 5.97 Å². The SMILES string of the molecule is O=C(O)C[SiH]1CCCCO1. The van der Waals surface area contributed by atoms with Crippen LogP contribution >= 0.6 is 0 Å². The van der Waals surface area contributed by atoms with E-state index < -0.39 is 15.0 Å². The molecule has 0 amide bonds. The van der Waals surface area contributed by atoms with Gasteiger partial charge in [0.25, 0.3) is 0 Å². The smallest absolute Gasteiger partial charge is 0.302 e. The summed E-state index contributed by atoms with van der Waals surface area (Å²) in [5, 5.41) is 8.42. The molecule has 0 aromatic rings. The van der Waals surface area contributed by atoms with E-state index in [-0.39, 0.29) is 0 Å². The van der Waals surface area contributed by atoms with Gasteiger partial charge in [0.2, 0.25) is 0 Å². The number of carboxylic acids is 1. The third-order valence-electron chi connectivity index (χ3n) is 1.68. The molecule has 1 heterocycles. The third kappa shape index (κ3) is 2.49. The van der Waals surface area contributed by atoms with Gasteiger partial charge in [-0.05, 0) is 12.5 Å². The van der Waals surface area contributed by atoms with Crippen LogP contribution in [-0.4, -0.2) is 26.7 Å². The minimum Gasteiger partial charge on any atom is -0.481 e. The molecular formula is C6H12O3Si. The maximum Gasteiger partial charge on any atom is 0.302 e. The number of hydrogen-bond acceptors (Lipinski definition) is 2. The fraction of sp³-hybridized carbons (Fsp3) is 0.833. The molecule has 58 valence electrons. The molecule has 1 aliphatic rings. The molecule has 0 saturated carbocycles. The topological polar surface area (TPSA) is 46.5 Å². The minimum atomic E-state index is -1.28. The molecule has 0 aliphatic carbocycles. The highest BCUT2D eigenvalue weighted by atomic mass is 28.3. The van der Waals surface area contributed by atoms with Crippen LogP contribution in [0.4, 0.5) is 0 Å². The van der Waals surface area contributed by atoms with Gasteiger partial charge < -0.3 is 9.53 Å². The van der Waals surface area contributed by atoms with E-state index in [1.165, 1.54) is 6.42 Å². The third-order valence-corrected chi connectivity index (χ3v) is 4.24. The summed E-state index contributed by atoms with van der Waals surface area (Å²) in [6, 6.07) is 1.35. The van der Waals surface area contributed by atoms with Crippen molar-refractivity contribution in [3.63, 3.8) is 0 Å². The van der Waals surface area contributed by atoms with Gasteiger partial charge in [0.1, 0.15) is 0 Å². The number of carbonyl (C=O) groups is 1. The van der Waals surface area contributed by atoms with Crippen LogP contribution in [-0.2, 0) is 9.22 Å². The molecule has 1 atom stereocenters. The van der Waals surface area contributed by atoms with Gasteiger partial charge in [-0.25, -0.2) is 0 Å². The van der Waals surface area contributed by atoms with Crippen molar-refractivity contribution in [2.45, 2.75) is 24.9 Å². The van der Waals surface area contributed by atoms with Crippen LogP contribution in [0.3, 0.4) is 0 Å². The van der Waals surface area contributed by atoms with Crippen molar-refractivity contribution in [1.29, 1.82) is 0 Å². The Bertz CT molecular complexity index is 120. The standard InChI is InChI=1S/C6H12O3Si/c7-6(8)5-10-4-2-1-3-9-10/h10H,1-5H2,(H,7,8). The van der Waals surface area contributed by atoms with Crippen molar-refractivity contribution < 1.29 is 14.3 Å². The van der Waals surface area contributed by atoms with Crippen LogP contribution < -0.4 is 0 Å². The highest BCUT2D eigenvalue weighted by Gasteiger charge is 2.18. The second-order valence-electron chi connectivity index (χ2n) is 2.59. The molecule has 10 heavy (non-hydrogen) atoms. The lowest BCUT2D eigenvalue weighted by atomic mass is 10.4. The van der Waals surface area contributed by atoms with Crippen molar-refractivity contribution in [1.82, 2.24) is 0 Å². The fourth-order valence-corrected chi connectivity index (χ4v) is 3.29. The lowest BCUT2D eigenvalue weighted by Crippen LogP contribution is -2.25. The molecule has 0 spiro atoms. The van der Waals surface area contributed by atoms with E-state index in [0.717, 1.165) is 19.1 Å². The first-order valence-corrected chi connectivity index (χ1v) is 5.73. The zero-order valence-electron chi connectivity index (χ0n) is 5.88. The van der Waals surface area contributed by atoms with E-state index in [9.17, 15) is 4.79 Å². The van der Waals surface area contributed by atoms with E-state index in [1.54, 1.807) is 0 Å². The summed E-state index contributed by atoms with van der Waals surface area (Å²) >= 11 is 0. The Balaban J connectivity index is 2.19. The highest BCUT2D eigenvalue weighted by molar-refractivity contribution is 6.55. The summed E-state index contributed by atoms with van der Waals surface area (Å²) in [6.07, 6.45) is 2.29. The molecule has 1 fully saturated rings. The predicted molar refractivity (Wildman–Crippen MR) is 39.6 cm³/mol.